The van der Waals surface area contributed by atoms with Crippen LogP contribution in [0.5, 0.6) is 0 Å². The summed E-state index contributed by atoms with van der Waals surface area (Å²) >= 11 is 6.01. The number of aliphatic hydroxyl groups is 1. The molecule has 1 heterocycles. The predicted molar refractivity (Wildman–Crippen MR) is 133 cm³/mol. The fourth-order valence-corrected chi connectivity index (χ4v) is 3.76. The van der Waals surface area contributed by atoms with E-state index in [1.807, 2.05) is 0 Å². The summed E-state index contributed by atoms with van der Waals surface area (Å²) in [5, 5.41) is 16.5. The van der Waals surface area contributed by atoms with Crippen LogP contribution in [0.3, 0.4) is 0 Å². The Morgan fingerprint density at radius 2 is 1.97 bits per heavy atom. The highest BCUT2D eigenvalue weighted by Crippen LogP contribution is 2.21. The fraction of sp³-hybridized carbons (Fsp3) is 0.320. The van der Waals surface area contributed by atoms with E-state index in [4.69, 9.17) is 16.3 Å². The van der Waals surface area contributed by atoms with E-state index in [1.54, 1.807) is 26.0 Å². The van der Waals surface area contributed by atoms with Gasteiger partial charge in [0.05, 0.1) is 11.6 Å². The number of amides is 3. The molecule has 0 aliphatic heterocycles. The summed E-state index contributed by atoms with van der Waals surface area (Å²) in [5.74, 6) is -0.845. The standard InChI is InChI=1S/C25H27ClF2N4O4/c1-25(2,35)11-18(32(3)23(33)30-13-16-7-8-17(27)9-20(16)26)14-36-24(34)31-22-10-19-15(12-29-22)5-4-6-21(19)28/h4-10,12,18,35H,11,13-14H2,1-3H3,(H,30,33)(H,29,31,34)/t18-/m0/s1. The second-order valence-corrected chi connectivity index (χ2v) is 9.34. The molecular weight excluding hydrogens is 494 g/mol. The zero-order valence-corrected chi connectivity index (χ0v) is 20.8. The molecule has 0 aliphatic rings. The van der Waals surface area contributed by atoms with Crippen LogP contribution in [-0.2, 0) is 11.3 Å². The number of nitrogens with zero attached hydrogens (tertiary/aromatic N) is 2. The van der Waals surface area contributed by atoms with Crippen LogP contribution in [0.2, 0.25) is 5.02 Å². The highest BCUT2D eigenvalue weighted by molar-refractivity contribution is 6.31. The van der Waals surface area contributed by atoms with Crippen LogP contribution in [-0.4, -0.2) is 52.4 Å². The summed E-state index contributed by atoms with van der Waals surface area (Å²) in [6, 6.07) is 8.59. The van der Waals surface area contributed by atoms with Gasteiger partial charge in [-0.3, -0.25) is 5.32 Å². The number of nitrogens with one attached hydrogen (secondary N) is 2. The topological polar surface area (TPSA) is 104 Å². The quantitative estimate of drug-likeness (QED) is 0.384. The van der Waals surface area contributed by atoms with Gasteiger partial charge in [0.25, 0.3) is 0 Å². The molecule has 11 heteroatoms. The molecule has 1 aromatic heterocycles. The van der Waals surface area contributed by atoms with E-state index < -0.39 is 35.4 Å². The van der Waals surface area contributed by atoms with Crippen molar-refractivity contribution in [2.24, 2.45) is 0 Å². The molecule has 0 radical (unpaired) electrons. The summed E-state index contributed by atoms with van der Waals surface area (Å²) in [7, 11) is 1.49. The van der Waals surface area contributed by atoms with Crippen LogP contribution < -0.4 is 10.6 Å². The van der Waals surface area contributed by atoms with Crippen LogP contribution in [0.25, 0.3) is 10.8 Å². The molecule has 0 saturated carbocycles. The van der Waals surface area contributed by atoms with Gasteiger partial charge in [-0.25, -0.2) is 23.4 Å². The molecule has 8 nitrogen and oxygen atoms in total. The highest BCUT2D eigenvalue weighted by atomic mass is 35.5. The summed E-state index contributed by atoms with van der Waals surface area (Å²) in [6.07, 6.45) is 0.670. The van der Waals surface area contributed by atoms with Crippen molar-refractivity contribution in [3.63, 3.8) is 0 Å². The number of likely N-dealkylation sites (N-methyl/N-ethyl adjacent to an activating group) is 1. The molecule has 3 rings (SSSR count). The summed E-state index contributed by atoms with van der Waals surface area (Å²) < 4.78 is 32.6. The molecule has 0 fully saturated rings. The van der Waals surface area contributed by atoms with Crippen LogP contribution in [0.1, 0.15) is 25.8 Å². The molecule has 36 heavy (non-hydrogen) atoms. The number of urea groups is 1. The van der Waals surface area contributed by atoms with Gasteiger partial charge in [0.1, 0.15) is 24.1 Å². The average molecular weight is 521 g/mol. The summed E-state index contributed by atoms with van der Waals surface area (Å²) in [5.41, 5.74) is -0.648. The zero-order chi connectivity index (χ0) is 26.5. The van der Waals surface area contributed by atoms with Gasteiger partial charge < -0.3 is 20.1 Å². The molecule has 0 spiro atoms. The Balaban J connectivity index is 1.62. The van der Waals surface area contributed by atoms with E-state index in [-0.39, 0.29) is 30.4 Å². The minimum atomic E-state index is -1.17. The third-order valence-corrected chi connectivity index (χ3v) is 5.75. The van der Waals surface area contributed by atoms with Gasteiger partial charge in [-0.2, -0.15) is 0 Å². The Morgan fingerprint density at radius 3 is 2.67 bits per heavy atom. The summed E-state index contributed by atoms with van der Waals surface area (Å²) in [6.45, 7) is 2.94. The Bertz CT molecular complexity index is 1250. The number of halogens is 3. The van der Waals surface area contributed by atoms with E-state index in [0.717, 1.165) is 6.07 Å². The molecule has 1 atom stereocenters. The molecule has 0 aliphatic carbocycles. The number of aromatic nitrogens is 1. The van der Waals surface area contributed by atoms with Crippen molar-refractivity contribution < 1.29 is 28.2 Å². The van der Waals surface area contributed by atoms with Gasteiger partial charge in [0.2, 0.25) is 0 Å². The van der Waals surface area contributed by atoms with Gasteiger partial charge in [0, 0.05) is 35.6 Å². The summed E-state index contributed by atoms with van der Waals surface area (Å²) in [4.78, 5) is 30.5. The van der Waals surface area contributed by atoms with E-state index in [2.05, 4.69) is 15.6 Å². The van der Waals surface area contributed by atoms with Crippen LogP contribution in [0, 0.1) is 11.6 Å². The smallest absolute Gasteiger partial charge is 0.412 e. The van der Waals surface area contributed by atoms with Crippen LogP contribution >= 0.6 is 11.6 Å². The minimum Gasteiger partial charge on any atom is -0.447 e. The highest BCUT2D eigenvalue weighted by Gasteiger charge is 2.28. The molecule has 0 unspecified atom stereocenters. The van der Waals surface area contributed by atoms with E-state index in [1.165, 1.54) is 42.4 Å². The third-order valence-electron chi connectivity index (χ3n) is 5.40. The first-order chi connectivity index (χ1) is 16.9. The maximum Gasteiger partial charge on any atom is 0.412 e. The largest absolute Gasteiger partial charge is 0.447 e. The number of hydrogen-bond donors (Lipinski definition) is 3. The van der Waals surface area contributed by atoms with E-state index in [9.17, 15) is 23.5 Å². The first-order valence-electron chi connectivity index (χ1n) is 11.1. The SMILES string of the molecule is CN(C(=O)NCc1ccc(F)cc1Cl)[C@H](COC(=O)Nc1cc2c(F)cccc2cn1)CC(C)(C)O. The van der Waals surface area contributed by atoms with Gasteiger partial charge in [-0.1, -0.05) is 29.8 Å². The lowest BCUT2D eigenvalue weighted by molar-refractivity contribution is 0.0277. The first kappa shape index (κ1) is 27.1. The minimum absolute atomic E-state index is 0.0447. The second-order valence-electron chi connectivity index (χ2n) is 8.93. The molecule has 2 aromatic carbocycles. The predicted octanol–water partition coefficient (Wildman–Crippen LogP) is 5.09. The fourth-order valence-electron chi connectivity index (χ4n) is 3.52. The van der Waals surface area contributed by atoms with Crippen molar-refractivity contribution in [1.29, 1.82) is 0 Å². The maximum absolute atomic E-state index is 14.0. The Kier molecular flexibility index (Phi) is 8.65. The van der Waals surface area contributed by atoms with Crippen molar-refractivity contribution in [1.82, 2.24) is 15.2 Å². The first-order valence-corrected chi connectivity index (χ1v) is 11.5. The number of pyridine rings is 1. The van der Waals surface area contributed by atoms with Crippen molar-refractivity contribution in [3.05, 3.63) is 70.9 Å². The number of rotatable bonds is 8. The maximum atomic E-state index is 14.0. The lowest BCUT2D eigenvalue weighted by Gasteiger charge is -2.32. The van der Waals surface area contributed by atoms with Crippen LogP contribution in [0.4, 0.5) is 24.2 Å². The van der Waals surface area contributed by atoms with E-state index in [0.29, 0.717) is 16.3 Å². The molecule has 0 saturated heterocycles. The van der Waals surface area contributed by atoms with Gasteiger partial charge in [-0.15, -0.1) is 0 Å². The van der Waals surface area contributed by atoms with Gasteiger partial charge in [-0.05, 0) is 50.1 Å². The number of carbonyl (C=O) groups is 2. The van der Waals surface area contributed by atoms with Crippen molar-refractivity contribution in [2.75, 3.05) is 19.0 Å². The van der Waals surface area contributed by atoms with Crippen molar-refractivity contribution >= 4 is 40.3 Å². The number of fused-ring (bicyclic) bond motifs is 1. The number of anilines is 1. The Hall–Kier alpha value is -3.50. The number of ether oxygens (including phenoxy) is 1. The lowest BCUT2D eigenvalue weighted by Crippen LogP contribution is -2.48. The van der Waals surface area contributed by atoms with Gasteiger partial charge >= 0.3 is 12.1 Å². The average Bonchev–Trinajstić information content (AvgIpc) is 2.80. The second kappa shape index (κ2) is 11.5. The number of carbonyl (C=O) groups excluding carboxylic acids is 2. The molecular formula is C25H27ClF2N4O4. The molecule has 192 valence electrons. The van der Waals surface area contributed by atoms with Crippen molar-refractivity contribution in [3.8, 4) is 0 Å². The van der Waals surface area contributed by atoms with Crippen molar-refractivity contribution in [2.45, 2.75) is 38.5 Å². The number of benzene rings is 2. The normalized spacial score (nSPS) is 12.2. The molecule has 3 amide bonds. The molecule has 3 N–H and O–H groups in total. The van der Waals surface area contributed by atoms with E-state index >= 15 is 0 Å². The number of hydrogen-bond acceptors (Lipinski definition) is 5. The molecule has 0 bridgehead atoms. The molecule has 3 aromatic rings. The van der Waals surface area contributed by atoms with Gasteiger partial charge in [0.15, 0.2) is 0 Å². The Labute approximate surface area is 212 Å². The Morgan fingerprint density at radius 1 is 1.22 bits per heavy atom. The third kappa shape index (κ3) is 7.50. The lowest BCUT2D eigenvalue weighted by atomic mass is 9.99. The zero-order valence-electron chi connectivity index (χ0n) is 20.0. The van der Waals surface area contributed by atoms with Crippen LogP contribution in [0.15, 0.2) is 48.7 Å². The monoisotopic (exact) mass is 520 g/mol.